The molecule has 0 atom stereocenters. The first kappa shape index (κ1) is 13.2. The summed E-state index contributed by atoms with van der Waals surface area (Å²) in [4.78, 5) is 2.10. The summed E-state index contributed by atoms with van der Waals surface area (Å²) in [6.07, 6.45) is 1.40. The third-order valence-electron chi connectivity index (χ3n) is 3.59. The summed E-state index contributed by atoms with van der Waals surface area (Å²) in [6, 6.07) is 5.86. The minimum atomic E-state index is -0.638. The molecule has 4 nitrogen and oxygen atoms in total. The molecular formula is C14H22N2O2. The molecule has 2 rings (SSSR count). The highest BCUT2D eigenvalue weighted by Crippen LogP contribution is 2.26. The second-order valence-corrected chi connectivity index (χ2v) is 5.24. The van der Waals surface area contributed by atoms with E-state index >= 15 is 0 Å². The molecule has 0 bridgehead atoms. The van der Waals surface area contributed by atoms with Crippen LogP contribution in [-0.4, -0.2) is 37.5 Å². The van der Waals surface area contributed by atoms with Gasteiger partial charge in [-0.15, -0.1) is 0 Å². The summed E-state index contributed by atoms with van der Waals surface area (Å²) in [6.45, 7) is 3.95. The number of aryl methyl sites for hydroxylation is 1. The van der Waals surface area contributed by atoms with Crippen molar-refractivity contribution in [1.29, 1.82) is 0 Å². The number of ether oxygens (including phenoxy) is 1. The number of rotatable bonds is 3. The van der Waals surface area contributed by atoms with Gasteiger partial charge in [0.25, 0.3) is 0 Å². The highest BCUT2D eigenvalue weighted by atomic mass is 16.5. The maximum atomic E-state index is 10.5. The molecule has 1 aliphatic rings. The van der Waals surface area contributed by atoms with Gasteiger partial charge in [-0.05, 0) is 30.7 Å². The lowest BCUT2D eigenvalue weighted by atomic mass is 9.93. The fourth-order valence-electron chi connectivity index (χ4n) is 2.54. The predicted octanol–water partition coefficient (Wildman–Crippen LogP) is 1.55. The number of nitrogen functional groups attached to an aromatic ring is 1. The largest absolute Gasteiger partial charge is 0.399 e. The predicted molar refractivity (Wildman–Crippen MR) is 73.9 cm³/mol. The first-order valence-corrected chi connectivity index (χ1v) is 6.38. The first-order chi connectivity index (χ1) is 8.50. The Hall–Kier alpha value is -1.26. The molecule has 18 heavy (non-hydrogen) atoms. The summed E-state index contributed by atoms with van der Waals surface area (Å²) in [7, 11) is 2.01. The molecule has 0 aliphatic carbocycles. The molecule has 1 aromatic carbocycles. The average Bonchev–Trinajstić information content (AvgIpc) is 2.28. The molecular weight excluding hydrogens is 228 g/mol. The molecule has 1 heterocycles. The summed E-state index contributed by atoms with van der Waals surface area (Å²) >= 11 is 0. The van der Waals surface area contributed by atoms with E-state index in [0.29, 0.717) is 32.6 Å². The van der Waals surface area contributed by atoms with Crippen molar-refractivity contribution in [3.63, 3.8) is 0 Å². The number of benzene rings is 1. The Morgan fingerprint density at radius 3 is 2.67 bits per heavy atom. The number of likely N-dealkylation sites (N-methyl/N-ethyl adjacent to an activating group) is 1. The van der Waals surface area contributed by atoms with Gasteiger partial charge >= 0.3 is 0 Å². The van der Waals surface area contributed by atoms with Gasteiger partial charge in [0.05, 0.1) is 5.60 Å². The van der Waals surface area contributed by atoms with Gasteiger partial charge in [0.1, 0.15) is 0 Å². The van der Waals surface area contributed by atoms with E-state index in [1.165, 1.54) is 0 Å². The van der Waals surface area contributed by atoms with Crippen LogP contribution in [0.25, 0.3) is 0 Å². The lowest BCUT2D eigenvalue weighted by Gasteiger charge is -2.36. The van der Waals surface area contributed by atoms with Gasteiger partial charge in [-0.2, -0.15) is 0 Å². The van der Waals surface area contributed by atoms with Crippen molar-refractivity contribution in [2.75, 3.05) is 37.4 Å². The maximum Gasteiger partial charge on any atom is 0.0865 e. The smallest absolute Gasteiger partial charge is 0.0865 e. The Morgan fingerprint density at radius 2 is 2.06 bits per heavy atom. The minimum absolute atomic E-state index is 0.626. The topological polar surface area (TPSA) is 58.7 Å². The van der Waals surface area contributed by atoms with Crippen molar-refractivity contribution in [3.05, 3.63) is 23.8 Å². The van der Waals surface area contributed by atoms with E-state index in [0.717, 1.165) is 16.9 Å². The van der Waals surface area contributed by atoms with E-state index in [2.05, 4.69) is 4.90 Å². The lowest BCUT2D eigenvalue weighted by Crippen LogP contribution is -2.45. The van der Waals surface area contributed by atoms with Crippen LogP contribution in [0.15, 0.2) is 18.2 Å². The third-order valence-corrected chi connectivity index (χ3v) is 3.59. The zero-order valence-electron chi connectivity index (χ0n) is 11.1. The minimum Gasteiger partial charge on any atom is -0.399 e. The Morgan fingerprint density at radius 1 is 1.39 bits per heavy atom. The van der Waals surface area contributed by atoms with Crippen molar-refractivity contribution in [1.82, 2.24) is 0 Å². The van der Waals surface area contributed by atoms with Crippen LogP contribution in [0.1, 0.15) is 18.4 Å². The molecule has 0 unspecified atom stereocenters. The van der Waals surface area contributed by atoms with Gasteiger partial charge in [0.2, 0.25) is 0 Å². The number of aliphatic hydroxyl groups is 1. The maximum absolute atomic E-state index is 10.5. The fourth-order valence-corrected chi connectivity index (χ4v) is 2.54. The van der Waals surface area contributed by atoms with E-state index in [-0.39, 0.29) is 0 Å². The van der Waals surface area contributed by atoms with Gasteiger partial charge in [-0.3, -0.25) is 0 Å². The average molecular weight is 250 g/mol. The zero-order chi connectivity index (χ0) is 13.2. The lowest BCUT2D eigenvalue weighted by molar-refractivity contribution is -0.0572. The summed E-state index contributed by atoms with van der Waals surface area (Å²) in [5, 5.41) is 10.5. The Kier molecular flexibility index (Phi) is 3.78. The van der Waals surface area contributed by atoms with Crippen LogP contribution in [0.4, 0.5) is 11.4 Å². The molecule has 3 N–H and O–H groups in total. The van der Waals surface area contributed by atoms with E-state index in [9.17, 15) is 5.11 Å². The van der Waals surface area contributed by atoms with Gasteiger partial charge < -0.3 is 20.5 Å². The van der Waals surface area contributed by atoms with Crippen LogP contribution in [0.3, 0.4) is 0 Å². The van der Waals surface area contributed by atoms with E-state index in [1.54, 1.807) is 0 Å². The quantitative estimate of drug-likeness (QED) is 0.799. The van der Waals surface area contributed by atoms with Crippen molar-refractivity contribution in [2.24, 2.45) is 0 Å². The Bertz CT molecular complexity index is 414. The number of hydrogen-bond donors (Lipinski definition) is 2. The number of hydrogen-bond acceptors (Lipinski definition) is 4. The summed E-state index contributed by atoms with van der Waals surface area (Å²) in [5.74, 6) is 0. The molecule has 0 saturated carbocycles. The molecule has 0 radical (unpaired) electrons. The highest BCUT2D eigenvalue weighted by molar-refractivity contribution is 5.58. The van der Waals surface area contributed by atoms with Crippen LogP contribution in [-0.2, 0) is 4.74 Å². The van der Waals surface area contributed by atoms with Crippen molar-refractivity contribution < 1.29 is 9.84 Å². The normalized spacial score (nSPS) is 18.6. The van der Waals surface area contributed by atoms with Gasteiger partial charge in [0.15, 0.2) is 0 Å². The molecule has 0 amide bonds. The molecule has 1 aliphatic heterocycles. The molecule has 0 aromatic heterocycles. The summed E-state index contributed by atoms with van der Waals surface area (Å²) < 4.78 is 5.30. The molecule has 1 aromatic rings. The van der Waals surface area contributed by atoms with Crippen LogP contribution < -0.4 is 10.6 Å². The van der Waals surface area contributed by atoms with Gasteiger partial charge in [-0.1, -0.05) is 0 Å². The zero-order valence-corrected chi connectivity index (χ0v) is 11.1. The van der Waals surface area contributed by atoms with Crippen molar-refractivity contribution >= 4 is 11.4 Å². The molecule has 1 saturated heterocycles. The monoisotopic (exact) mass is 250 g/mol. The fraction of sp³-hybridized carbons (Fsp3) is 0.571. The number of nitrogens with two attached hydrogens (primary N) is 1. The Balaban J connectivity index is 2.08. The SMILES string of the molecule is Cc1cc(N)ccc1N(C)CC1(O)CCOCC1. The third kappa shape index (κ3) is 2.94. The number of anilines is 2. The van der Waals surface area contributed by atoms with Crippen LogP contribution in [0.5, 0.6) is 0 Å². The van der Waals surface area contributed by atoms with Gasteiger partial charge in [-0.25, -0.2) is 0 Å². The van der Waals surface area contributed by atoms with E-state index in [1.807, 2.05) is 32.2 Å². The van der Waals surface area contributed by atoms with E-state index < -0.39 is 5.60 Å². The second kappa shape index (κ2) is 5.16. The second-order valence-electron chi connectivity index (χ2n) is 5.24. The molecule has 0 spiro atoms. The standard InChI is InChI=1S/C14H22N2O2/c1-11-9-12(15)3-4-13(11)16(2)10-14(17)5-7-18-8-6-14/h3-4,9,17H,5-8,10,15H2,1-2H3. The van der Waals surface area contributed by atoms with Crippen molar-refractivity contribution in [2.45, 2.75) is 25.4 Å². The van der Waals surface area contributed by atoms with Crippen molar-refractivity contribution in [3.8, 4) is 0 Å². The molecule has 4 heteroatoms. The Labute approximate surface area is 108 Å². The molecule has 1 fully saturated rings. The molecule has 100 valence electrons. The van der Waals surface area contributed by atoms with Crippen LogP contribution in [0.2, 0.25) is 0 Å². The summed E-state index contributed by atoms with van der Waals surface area (Å²) in [5.41, 5.74) is 8.14. The van der Waals surface area contributed by atoms with Crippen LogP contribution in [0, 0.1) is 6.92 Å². The van der Waals surface area contributed by atoms with Crippen LogP contribution >= 0.6 is 0 Å². The number of nitrogens with zero attached hydrogens (tertiary/aromatic N) is 1. The van der Waals surface area contributed by atoms with Gasteiger partial charge in [0, 0.05) is 51.0 Å². The first-order valence-electron chi connectivity index (χ1n) is 6.38. The highest BCUT2D eigenvalue weighted by Gasteiger charge is 2.31. The van der Waals surface area contributed by atoms with E-state index in [4.69, 9.17) is 10.5 Å².